The summed E-state index contributed by atoms with van der Waals surface area (Å²) in [5.41, 5.74) is -0.402. The van der Waals surface area contributed by atoms with E-state index in [-0.39, 0.29) is 0 Å². The first-order valence-electron chi connectivity index (χ1n) is 6.57. The monoisotopic (exact) mass is 225 g/mol. The minimum Gasteiger partial charge on any atom is -0.481 e. The fourth-order valence-corrected chi connectivity index (χ4v) is 3.57. The van der Waals surface area contributed by atoms with Crippen molar-refractivity contribution in [3.63, 3.8) is 0 Å². The van der Waals surface area contributed by atoms with E-state index >= 15 is 0 Å². The highest BCUT2D eigenvalue weighted by Crippen LogP contribution is 2.46. The molecule has 3 nitrogen and oxygen atoms in total. The number of carboxylic acid groups (broad SMARTS) is 1. The predicted molar refractivity (Wildman–Crippen MR) is 63.4 cm³/mol. The van der Waals surface area contributed by atoms with Crippen molar-refractivity contribution in [2.75, 3.05) is 20.1 Å². The Morgan fingerprint density at radius 2 is 1.88 bits per heavy atom. The van der Waals surface area contributed by atoms with Gasteiger partial charge in [-0.15, -0.1) is 0 Å². The number of rotatable bonds is 2. The summed E-state index contributed by atoms with van der Waals surface area (Å²) >= 11 is 0. The molecular formula is C13H23NO2. The van der Waals surface area contributed by atoms with E-state index in [4.69, 9.17) is 0 Å². The molecule has 1 unspecified atom stereocenters. The summed E-state index contributed by atoms with van der Waals surface area (Å²) in [6, 6.07) is 0. The van der Waals surface area contributed by atoms with Gasteiger partial charge in [0.25, 0.3) is 0 Å². The van der Waals surface area contributed by atoms with Gasteiger partial charge in [0.2, 0.25) is 0 Å². The lowest BCUT2D eigenvalue weighted by Crippen LogP contribution is -2.38. The summed E-state index contributed by atoms with van der Waals surface area (Å²) in [6.07, 6.45) is 7.51. The molecule has 0 spiro atoms. The molecule has 0 amide bonds. The van der Waals surface area contributed by atoms with Gasteiger partial charge in [0.05, 0.1) is 5.41 Å². The van der Waals surface area contributed by atoms with E-state index in [1.54, 1.807) is 0 Å². The third kappa shape index (κ3) is 2.10. The summed E-state index contributed by atoms with van der Waals surface area (Å²) in [6.45, 7) is 2.00. The zero-order chi connectivity index (χ0) is 11.6. The molecule has 0 bridgehead atoms. The van der Waals surface area contributed by atoms with Crippen LogP contribution in [0.15, 0.2) is 0 Å². The van der Waals surface area contributed by atoms with Crippen LogP contribution in [-0.4, -0.2) is 36.1 Å². The summed E-state index contributed by atoms with van der Waals surface area (Å²) in [4.78, 5) is 14.0. The van der Waals surface area contributed by atoms with Gasteiger partial charge in [-0.3, -0.25) is 4.79 Å². The molecule has 92 valence electrons. The van der Waals surface area contributed by atoms with Crippen molar-refractivity contribution >= 4 is 5.97 Å². The van der Waals surface area contributed by atoms with Crippen molar-refractivity contribution in [3.05, 3.63) is 0 Å². The van der Waals surface area contributed by atoms with Crippen LogP contribution in [0.1, 0.15) is 44.9 Å². The second kappa shape index (κ2) is 4.74. The second-order valence-electron chi connectivity index (χ2n) is 5.60. The molecule has 0 aromatic carbocycles. The fraction of sp³-hybridized carbons (Fsp3) is 0.923. The molecular weight excluding hydrogens is 202 g/mol. The maximum absolute atomic E-state index is 11.7. The van der Waals surface area contributed by atoms with E-state index < -0.39 is 11.4 Å². The van der Waals surface area contributed by atoms with Crippen molar-refractivity contribution in [1.82, 2.24) is 4.90 Å². The van der Waals surface area contributed by atoms with E-state index in [9.17, 15) is 9.90 Å². The van der Waals surface area contributed by atoms with Crippen molar-refractivity contribution in [2.24, 2.45) is 11.3 Å². The smallest absolute Gasteiger partial charge is 0.309 e. The molecule has 1 aliphatic carbocycles. The molecule has 1 atom stereocenters. The van der Waals surface area contributed by atoms with Crippen LogP contribution in [0.3, 0.4) is 0 Å². The molecule has 1 aliphatic heterocycles. The molecule has 1 saturated carbocycles. The largest absolute Gasteiger partial charge is 0.481 e. The Bertz CT molecular complexity index is 261. The Morgan fingerprint density at radius 1 is 1.19 bits per heavy atom. The van der Waals surface area contributed by atoms with Crippen molar-refractivity contribution in [1.29, 1.82) is 0 Å². The van der Waals surface area contributed by atoms with Crippen LogP contribution in [-0.2, 0) is 4.79 Å². The van der Waals surface area contributed by atoms with Gasteiger partial charge < -0.3 is 10.0 Å². The molecule has 2 fully saturated rings. The van der Waals surface area contributed by atoms with Crippen molar-refractivity contribution in [2.45, 2.75) is 44.9 Å². The first-order chi connectivity index (χ1) is 7.65. The Hall–Kier alpha value is -0.570. The number of carboxylic acids is 1. The maximum atomic E-state index is 11.7. The number of carbonyl (C=O) groups is 1. The lowest BCUT2D eigenvalue weighted by molar-refractivity contribution is -0.153. The summed E-state index contributed by atoms with van der Waals surface area (Å²) in [7, 11) is 2.10. The second-order valence-corrected chi connectivity index (χ2v) is 5.60. The molecule has 1 saturated heterocycles. The van der Waals surface area contributed by atoms with Gasteiger partial charge in [-0.25, -0.2) is 0 Å². The average Bonchev–Trinajstić information content (AvgIpc) is 2.70. The fourth-order valence-electron chi connectivity index (χ4n) is 3.57. The SMILES string of the molecule is CN1CCCC(C(=O)O)(C2CCCC2)CC1. The summed E-state index contributed by atoms with van der Waals surface area (Å²) in [5, 5.41) is 9.64. The Kier molecular flexibility index (Phi) is 3.53. The van der Waals surface area contributed by atoms with E-state index in [0.29, 0.717) is 5.92 Å². The molecule has 16 heavy (non-hydrogen) atoms. The minimum absolute atomic E-state index is 0.402. The van der Waals surface area contributed by atoms with Gasteiger partial charge in [-0.05, 0) is 58.2 Å². The molecule has 1 heterocycles. The number of likely N-dealkylation sites (tertiary alicyclic amines) is 1. The van der Waals surface area contributed by atoms with E-state index in [1.165, 1.54) is 12.8 Å². The molecule has 1 N–H and O–H groups in total. The van der Waals surface area contributed by atoms with Crippen LogP contribution < -0.4 is 0 Å². The Labute approximate surface area is 97.8 Å². The molecule has 3 heteroatoms. The lowest BCUT2D eigenvalue weighted by atomic mass is 9.69. The predicted octanol–water partition coefficient (Wildman–Crippen LogP) is 2.36. The van der Waals surface area contributed by atoms with Gasteiger partial charge in [-0.1, -0.05) is 12.8 Å². The first-order valence-corrected chi connectivity index (χ1v) is 6.57. The summed E-state index contributed by atoms with van der Waals surface area (Å²) in [5.74, 6) is -0.0915. The van der Waals surface area contributed by atoms with Crippen LogP contribution in [0.25, 0.3) is 0 Å². The quantitative estimate of drug-likeness (QED) is 0.784. The van der Waals surface area contributed by atoms with Gasteiger partial charge in [0.15, 0.2) is 0 Å². The van der Waals surface area contributed by atoms with Crippen molar-refractivity contribution in [3.8, 4) is 0 Å². The summed E-state index contributed by atoms with van der Waals surface area (Å²) < 4.78 is 0. The first kappa shape index (κ1) is 11.9. The Balaban J connectivity index is 2.16. The average molecular weight is 225 g/mol. The van der Waals surface area contributed by atoms with Crippen LogP contribution in [0.4, 0.5) is 0 Å². The van der Waals surface area contributed by atoms with E-state index in [2.05, 4.69) is 11.9 Å². The van der Waals surface area contributed by atoms with E-state index in [0.717, 1.165) is 45.2 Å². The Morgan fingerprint density at radius 3 is 2.50 bits per heavy atom. The van der Waals surface area contributed by atoms with Gasteiger partial charge in [0, 0.05) is 0 Å². The number of aliphatic carboxylic acids is 1. The maximum Gasteiger partial charge on any atom is 0.309 e. The number of hydrogen-bond acceptors (Lipinski definition) is 2. The third-order valence-corrected chi connectivity index (χ3v) is 4.66. The molecule has 2 rings (SSSR count). The van der Waals surface area contributed by atoms with Crippen LogP contribution in [0.5, 0.6) is 0 Å². The molecule has 0 aromatic rings. The van der Waals surface area contributed by atoms with Crippen LogP contribution in [0.2, 0.25) is 0 Å². The molecule has 2 aliphatic rings. The number of hydrogen-bond donors (Lipinski definition) is 1. The highest BCUT2D eigenvalue weighted by Gasteiger charge is 2.46. The minimum atomic E-state index is -0.533. The van der Waals surface area contributed by atoms with E-state index in [1.807, 2.05) is 0 Å². The zero-order valence-electron chi connectivity index (χ0n) is 10.2. The normalized spacial score (nSPS) is 33.8. The molecule has 0 radical (unpaired) electrons. The standard InChI is InChI=1S/C13H23NO2/c1-14-9-4-7-13(8-10-14,12(15)16)11-5-2-3-6-11/h11H,2-10H2,1H3,(H,15,16). The van der Waals surface area contributed by atoms with Crippen LogP contribution in [0, 0.1) is 11.3 Å². The topological polar surface area (TPSA) is 40.5 Å². The highest BCUT2D eigenvalue weighted by molar-refractivity contribution is 5.75. The molecule has 0 aromatic heterocycles. The van der Waals surface area contributed by atoms with Gasteiger partial charge in [0.1, 0.15) is 0 Å². The van der Waals surface area contributed by atoms with Gasteiger partial charge in [-0.2, -0.15) is 0 Å². The zero-order valence-corrected chi connectivity index (χ0v) is 10.2. The number of nitrogens with zero attached hydrogens (tertiary/aromatic N) is 1. The van der Waals surface area contributed by atoms with Gasteiger partial charge >= 0.3 is 5.97 Å². The highest BCUT2D eigenvalue weighted by atomic mass is 16.4. The lowest BCUT2D eigenvalue weighted by Gasteiger charge is -2.34. The third-order valence-electron chi connectivity index (χ3n) is 4.66. The van der Waals surface area contributed by atoms with Crippen molar-refractivity contribution < 1.29 is 9.90 Å². The van der Waals surface area contributed by atoms with Crippen LogP contribution >= 0.6 is 0 Å².